The van der Waals surface area contributed by atoms with Crippen LogP contribution in [0.2, 0.25) is 0 Å². The van der Waals surface area contributed by atoms with E-state index in [9.17, 15) is 14.4 Å². The lowest BCUT2D eigenvalue weighted by atomic mass is 10.1. The molecule has 0 fully saturated rings. The molecule has 9 heteroatoms. The van der Waals surface area contributed by atoms with E-state index in [0.717, 1.165) is 16.6 Å². The Labute approximate surface area is 185 Å². The second-order valence-corrected chi connectivity index (χ2v) is 7.26. The van der Waals surface area contributed by atoms with Crippen LogP contribution in [-0.4, -0.2) is 49.5 Å². The SMILES string of the molecule is COCCCNC(=O)c1ccc(Cn2c(=O)c3cc(OC)c(OC)cc3n(C)c2=O)cc1. The highest BCUT2D eigenvalue weighted by Crippen LogP contribution is 2.30. The van der Waals surface area contributed by atoms with Gasteiger partial charge >= 0.3 is 5.69 Å². The zero-order chi connectivity index (χ0) is 23.3. The third kappa shape index (κ3) is 4.67. The minimum absolute atomic E-state index is 0.0749. The maximum Gasteiger partial charge on any atom is 0.331 e. The first kappa shape index (κ1) is 23.1. The number of aromatic nitrogens is 2. The fraction of sp³-hybridized carbons (Fsp3) is 0.348. The molecule has 1 aromatic heterocycles. The number of carbonyl (C=O) groups is 1. The number of methoxy groups -OCH3 is 3. The van der Waals surface area contributed by atoms with Gasteiger partial charge in [-0.3, -0.25) is 18.7 Å². The molecule has 2 aromatic carbocycles. The predicted molar refractivity (Wildman–Crippen MR) is 121 cm³/mol. The molecule has 0 atom stereocenters. The second-order valence-electron chi connectivity index (χ2n) is 7.26. The molecule has 1 N–H and O–H groups in total. The molecule has 0 aliphatic carbocycles. The van der Waals surface area contributed by atoms with E-state index in [1.165, 1.54) is 18.8 Å². The lowest BCUT2D eigenvalue weighted by Gasteiger charge is -2.14. The molecule has 1 heterocycles. The van der Waals surface area contributed by atoms with Crippen molar-refractivity contribution in [3.63, 3.8) is 0 Å². The van der Waals surface area contributed by atoms with Crippen LogP contribution in [0, 0.1) is 0 Å². The summed E-state index contributed by atoms with van der Waals surface area (Å²) in [7, 11) is 6.19. The van der Waals surface area contributed by atoms with Gasteiger partial charge in [0.05, 0.1) is 31.7 Å². The first-order chi connectivity index (χ1) is 15.4. The molecule has 3 rings (SSSR count). The summed E-state index contributed by atoms with van der Waals surface area (Å²) in [5, 5.41) is 3.16. The van der Waals surface area contributed by atoms with E-state index in [0.29, 0.717) is 41.1 Å². The molecule has 0 saturated heterocycles. The van der Waals surface area contributed by atoms with Gasteiger partial charge in [0.1, 0.15) is 0 Å². The van der Waals surface area contributed by atoms with Gasteiger partial charge in [0.15, 0.2) is 11.5 Å². The quantitative estimate of drug-likeness (QED) is 0.506. The van der Waals surface area contributed by atoms with Crippen molar-refractivity contribution < 1.29 is 19.0 Å². The third-order valence-corrected chi connectivity index (χ3v) is 5.22. The Kier molecular flexibility index (Phi) is 7.32. The second kappa shape index (κ2) is 10.1. The molecule has 0 bridgehead atoms. The Hall–Kier alpha value is -3.59. The number of nitrogens with one attached hydrogen (secondary N) is 1. The molecule has 170 valence electrons. The number of carbonyl (C=O) groups excluding carboxylic acids is 1. The van der Waals surface area contributed by atoms with Crippen LogP contribution in [0.25, 0.3) is 10.9 Å². The molecular formula is C23H27N3O6. The molecule has 0 radical (unpaired) electrons. The van der Waals surface area contributed by atoms with E-state index in [1.54, 1.807) is 50.6 Å². The minimum Gasteiger partial charge on any atom is -0.493 e. The van der Waals surface area contributed by atoms with Crippen LogP contribution in [-0.2, 0) is 18.3 Å². The first-order valence-corrected chi connectivity index (χ1v) is 10.1. The highest BCUT2D eigenvalue weighted by atomic mass is 16.5. The summed E-state index contributed by atoms with van der Waals surface area (Å²) >= 11 is 0. The van der Waals surface area contributed by atoms with Crippen LogP contribution in [0.5, 0.6) is 11.5 Å². The molecule has 0 unspecified atom stereocenters. The van der Waals surface area contributed by atoms with Gasteiger partial charge in [0.25, 0.3) is 11.5 Å². The standard InChI is InChI=1S/C23H27N3O6/c1-25-18-13-20(32-4)19(31-3)12-17(18)22(28)26(23(25)29)14-15-6-8-16(9-7-15)21(27)24-10-5-11-30-2/h6-9,12-13H,5,10-11,14H2,1-4H3,(H,24,27). The number of amides is 1. The van der Waals surface area contributed by atoms with Crippen LogP contribution in [0.3, 0.4) is 0 Å². The van der Waals surface area contributed by atoms with Crippen molar-refractivity contribution in [2.24, 2.45) is 7.05 Å². The molecule has 0 spiro atoms. The number of ether oxygens (including phenoxy) is 3. The van der Waals surface area contributed by atoms with E-state index in [1.807, 2.05) is 0 Å². The third-order valence-electron chi connectivity index (χ3n) is 5.22. The highest BCUT2D eigenvalue weighted by Gasteiger charge is 2.16. The maximum absolute atomic E-state index is 13.1. The number of hydrogen-bond acceptors (Lipinski definition) is 6. The topological polar surface area (TPSA) is 101 Å². The molecule has 0 saturated carbocycles. The fourth-order valence-electron chi connectivity index (χ4n) is 3.44. The largest absolute Gasteiger partial charge is 0.493 e. The number of hydrogen-bond donors (Lipinski definition) is 1. The van der Waals surface area contributed by atoms with Crippen LogP contribution in [0.4, 0.5) is 0 Å². The van der Waals surface area contributed by atoms with Crippen LogP contribution in [0.15, 0.2) is 46.0 Å². The van der Waals surface area contributed by atoms with Gasteiger partial charge in [-0.2, -0.15) is 0 Å². The fourth-order valence-corrected chi connectivity index (χ4v) is 3.44. The Morgan fingerprint density at radius 3 is 2.28 bits per heavy atom. The lowest BCUT2D eigenvalue weighted by molar-refractivity contribution is 0.0948. The molecule has 3 aromatic rings. The zero-order valence-corrected chi connectivity index (χ0v) is 18.6. The van der Waals surface area contributed by atoms with Gasteiger partial charge in [-0.05, 0) is 30.2 Å². The monoisotopic (exact) mass is 441 g/mol. The number of benzene rings is 2. The summed E-state index contributed by atoms with van der Waals surface area (Å²) in [4.78, 5) is 38.2. The normalized spacial score (nSPS) is 10.9. The Bertz CT molecular complexity index is 1230. The number of rotatable bonds is 9. The van der Waals surface area contributed by atoms with E-state index in [-0.39, 0.29) is 12.5 Å². The summed E-state index contributed by atoms with van der Waals surface area (Å²) in [6.07, 6.45) is 0.727. The summed E-state index contributed by atoms with van der Waals surface area (Å²) in [5.41, 5.74) is 0.801. The first-order valence-electron chi connectivity index (χ1n) is 10.1. The summed E-state index contributed by atoms with van der Waals surface area (Å²) in [6.45, 7) is 1.17. The predicted octanol–water partition coefficient (Wildman–Crippen LogP) is 1.53. The highest BCUT2D eigenvalue weighted by molar-refractivity contribution is 5.94. The van der Waals surface area contributed by atoms with E-state index in [2.05, 4.69) is 5.32 Å². The van der Waals surface area contributed by atoms with Gasteiger partial charge < -0.3 is 19.5 Å². The van der Waals surface area contributed by atoms with Gasteiger partial charge in [0, 0.05) is 38.9 Å². The van der Waals surface area contributed by atoms with E-state index >= 15 is 0 Å². The number of nitrogens with zero attached hydrogens (tertiary/aromatic N) is 2. The van der Waals surface area contributed by atoms with Crippen LogP contribution >= 0.6 is 0 Å². The Morgan fingerprint density at radius 2 is 1.66 bits per heavy atom. The average molecular weight is 441 g/mol. The van der Waals surface area contributed by atoms with Crippen LogP contribution in [0.1, 0.15) is 22.3 Å². The van der Waals surface area contributed by atoms with Crippen molar-refractivity contribution >= 4 is 16.8 Å². The summed E-state index contributed by atoms with van der Waals surface area (Å²) in [6, 6.07) is 9.99. The minimum atomic E-state index is -0.449. The average Bonchev–Trinajstić information content (AvgIpc) is 2.82. The van der Waals surface area contributed by atoms with Crippen molar-refractivity contribution in [3.8, 4) is 11.5 Å². The Morgan fingerprint density at radius 1 is 1.00 bits per heavy atom. The summed E-state index contributed by atoms with van der Waals surface area (Å²) in [5.74, 6) is 0.652. The van der Waals surface area contributed by atoms with Crippen molar-refractivity contribution in [1.82, 2.24) is 14.5 Å². The molecule has 0 aliphatic rings. The molecule has 32 heavy (non-hydrogen) atoms. The summed E-state index contributed by atoms with van der Waals surface area (Å²) < 4.78 is 18.1. The smallest absolute Gasteiger partial charge is 0.331 e. The van der Waals surface area contributed by atoms with Gasteiger partial charge in [0.2, 0.25) is 0 Å². The van der Waals surface area contributed by atoms with Crippen molar-refractivity contribution in [3.05, 3.63) is 68.4 Å². The lowest BCUT2D eigenvalue weighted by Crippen LogP contribution is -2.39. The molecule has 1 amide bonds. The molecule has 0 aliphatic heterocycles. The maximum atomic E-state index is 13.1. The molecular weight excluding hydrogens is 414 g/mol. The van der Waals surface area contributed by atoms with Gasteiger partial charge in [-0.1, -0.05) is 12.1 Å². The van der Waals surface area contributed by atoms with Crippen molar-refractivity contribution in [2.75, 3.05) is 34.5 Å². The van der Waals surface area contributed by atoms with Crippen molar-refractivity contribution in [1.29, 1.82) is 0 Å². The van der Waals surface area contributed by atoms with Crippen LogP contribution < -0.4 is 26.0 Å². The van der Waals surface area contributed by atoms with Gasteiger partial charge in [-0.15, -0.1) is 0 Å². The van der Waals surface area contributed by atoms with Gasteiger partial charge in [-0.25, -0.2) is 4.79 Å². The zero-order valence-electron chi connectivity index (χ0n) is 18.6. The number of aryl methyl sites for hydroxylation is 1. The Balaban J connectivity index is 1.90. The van der Waals surface area contributed by atoms with Crippen molar-refractivity contribution in [2.45, 2.75) is 13.0 Å². The van der Waals surface area contributed by atoms with E-state index in [4.69, 9.17) is 14.2 Å². The molecule has 9 nitrogen and oxygen atoms in total. The van der Waals surface area contributed by atoms with E-state index < -0.39 is 11.2 Å². The number of fused-ring (bicyclic) bond motifs is 1.